The molecule has 0 atom stereocenters. The number of aromatic hydroxyl groups is 2. The van der Waals surface area contributed by atoms with Crippen molar-refractivity contribution in [2.75, 3.05) is 0 Å². The lowest BCUT2D eigenvalue weighted by Crippen LogP contribution is -1.95. The van der Waals surface area contributed by atoms with Crippen LogP contribution >= 0.6 is 0 Å². The number of allylic oxidation sites excluding steroid dienone is 1. The number of fused-ring (bicyclic) bond motifs is 1. The molecule has 0 aliphatic heterocycles. The molecule has 0 bridgehead atoms. The molecule has 0 saturated carbocycles. The second-order valence-corrected chi connectivity index (χ2v) is 6.82. The normalized spacial score (nSPS) is 13.1. The van der Waals surface area contributed by atoms with E-state index in [0.717, 1.165) is 36.0 Å². The van der Waals surface area contributed by atoms with Crippen LogP contribution in [0.2, 0.25) is 0 Å². The summed E-state index contributed by atoms with van der Waals surface area (Å²) in [5, 5.41) is 20.0. The predicted octanol–water partition coefficient (Wildman–Crippen LogP) is 5.57. The number of rotatable bonds is 4. The van der Waals surface area contributed by atoms with Gasteiger partial charge in [-0.15, -0.1) is 0 Å². The topological polar surface area (TPSA) is 40.5 Å². The van der Waals surface area contributed by atoms with Crippen molar-refractivity contribution in [2.45, 2.75) is 26.2 Å². The SMILES string of the molecule is CCCc1cc(O)cc2c1CC(c1ccc(O)cc1)=C2c1ccccc1. The van der Waals surface area contributed by atoms with Crippen LogP contribution in [0.25, 0.3) is 11.1 Å². The second-order valence-electron chi connectivity index (χ2n) is 6.82. The number of hydrogen-bond donors (Lipinski definition) is 2. The molecule has 0 aromatic heterocycles. The molecule has 0 fully saturated rings. The van der Waals surface area contributed by atoms with E-state index in [0.29, 0.717) is 5.75 Å². The van der Waals surface area contributed by atoms with Crippen molar-refractivity contribution >= 4 is 11.1 Å². The van der Waals surface area contributed by atoms with E-state index in [2.05, 4.69) is 19.1 Å². The maximum atomic E-state index is 10.3. The predicted molar refractivity (Wildman–Crippen MR) is 106 cm³/mol. The molecule has 4 rings (SSSR count). The van der Waals surface area contributed by atoms with Gasteiger partial charge >= 0.3 is 0 Å². The van der Waals surface area contributed by atoms with Crippen LogP contribution < -0.4 is 0 Å². The van der Waals surface area contributed by atoms with E-state index in [4.69, 9.17) is 0 Å². The highest BCUT2D eigenvalue weighted by Crippen LogP contribution is 2.45. The van der Waals surface area contributed by atoms with E-state index in [1.54, 1.807) is 12.1 Å². The average Bonchev–Trinajstić information content (AvgIpc) is 3.02. The Hall–Kier alpha value is -3.00. The van der Waals surface area contributed by atoms with Crippen LogP contribution in [-0.4, -0.2) is 10.2 Å². The van der Waals surface area contributed by atoms with Crippen molar-refractivity contribution in [3.8, 4) is 11.5 Å². The number of phenolic OH excluding ortho intramolecular Hbond substituents is 2. The second kappa shape index (κ2) is 6.72. The summed E-state index contributed by atoms with van der Waals surface area (Å²) in [6.07, 6.45) is 2.85. The molecule has 2 N–H and O–H groups in total. The van der Waals surface area contributed by atoms with E-state index < -0.39 is 0 Å². The molecule has 130 valence electrons. The van der Waals surface area contributed by atoms with Gasteiger partial charge in [-0.3, -0.25) is 0 Å². The maximum absolute atomic E-state index is 10.3. The van der Waals surface area contributed by atoms with Gasteiger partial charge in [0, 0.05) is 0 Å². The first-order valence-corrected chi connectivity index (χ1v) is 9.10. The monoisotopic (exact) mass is 342 g/mol. The molecule has 0 unspecified atom stereocenters. The fourth-order valence-corrected chi connectivity index (χ4v) is 3.91. The summed E-state index contributed by atoms with van der Waals surface area (Å²) in [4.78, 5) is 0. The highest BCUT2D eigenvalue weighted by molar-refractivity contribution is 6.04. The Bertz CT molecular complexity index is 967. The Morgan fingerprint density at radius 1 is 0.808 bits per heavy atom. The minimum Gasteiger partial charge on any atom is -0.508 e. The zero-order valence-electron chi connectivity index (χ0n) is 14.9. The third kappa shape index (κ3) is 2.88. The van der Waals surface area contributed by atoms with Crippen molar-refractivity contribution in [1.82, 2.24) is 0 Å². The van der Waals surface area contributed by atoms with Gasteiger partial charge in [0.05, 0.1) is 0 Å². The molecule has 3 aromatic carbocycles. The van der Waals surface area contributed by atoms with E-state index in [1.165, 1.54) is 22.3 Å². The summed E-state index contributed by atoms with van der Waals surface area (Å²) in [5.41, 5.74) is 8.36. The Labute approximate surface area is 154 Å². The van der Waals surface area contributed by atoms with Crippen LogP contribution in [0, 0.1) is 0 Å². The van der Waals surface area contributed by atoms with Gasteiger partial charge in [-0.2, -0.15) is 0 Å². The van der Waals surface area contributed by atoms with E-state index in [1.807, 2.05) is 42.5 Å². The molecule has 0 spiro atoms. The van der Waals surface area contributed by atoms with Gasteiger partial charge in [-0.05, 0) is 76.1 Å². The summed E-state index contributed by atoms with van der Waals surface area (Å²) in [7, 11) is 0. The molecule has 0 radical (unpaired) electrons. The Morgan fingerprint density at radius 3 is 2.23 bits per heavy atom. The molecular weight excluding hydrogens is 320 g/mol. The molecule has 0 heterocycles. The quantitative estimate of drug-likeness (QED) is 0.651. The van der Waals surface area contributed by atoms with Crippen molar-refractivity contribution in [3.05, 3.63) is 94.5 Å². The van der Waals surface area contributed by atoms with Crippen LogP contribution in [0.15, 0.2) is 66.7 Å². The molecular formula is C24H22O2. The average molecular weight is 342 g/mol. The highest BCUT2D eigenvalue weighted by Gasteiger charge is 2.26. The summed E-state index contributed by atoms with van der Waals surface area (Å²) in [6.45, 7) is 2.16. The first-order chi connectivity index (χ1) is 12.7. The van der Waals surface area contributed by atoms with Crippen LogP contribution in [-0.2, 0) is 12.8 Å². The standard InChI is InChI=1S/C24H22O2/c1-2-6-18-13-20(26)14-23-21(18)15-22(16-9-11-19(25)12-10-16)24(23)17-7-4-3-5-8-17/h3-5,7-14,25-26H,2,6,15H2,1H3. The van der Waals surface area contributed by atoms with Crippen molar-refractivity contribution < 1.29 is 10.2 Å². The lowest BCUT2D eigenvalue weighted by molar-refractivity contribution is 0.474. The highest BCUT2D eigenvalue weighted by atomic mass is 16.3. The lowest BCUT2D eigenvalue weighted by Gasteiger charge is -2.11. The molecule has 1 aliphatic rings. The zero-order valence-corrected chi connectivity index (χ0v) is 14.9. The fraction of sp³-hybridized carbons (Fsp3) is 0.167. The van der Waals surface area contributed by atoms with Gasteiger partial charge in [0.1, 0.15) is 11.5 Å². The van der Waals surface area contributed by atoms with Crippen LogP contribution in [0.4, 0.5) is 0 Å². The summed E-state index contributed by atoms with van der Waals surface area (Å²) in [6, 6.07) is 21.6. The molecule has 1 aliphatic carbocycles. The number of phenols is 2. The Balaban J connectivity index is 1.95. The Kier molecular flexibility index (Phi) is 4.26. The van der Waals surface area contributed by atoms with Crippen molar-refractivity contribution in [2.24, 2.45) is 0 Å². The number of aryl methyl sites for hydroxylation is 1. The van der Waals surface area contributed by atoms with Gasteiger partial charge in [0.25, 0.3) is 0 Å². The van der Waals surface area contributed by atoms with Gasteiger partial charge in [0.15, 0.2) is 0 Å². The van der Waals surface area contributed by atoms with Gasteiger partial charge < -0.3 is 10.2 Å². The fourth-order valence-electron chi connectivity index (χ4n) is 3.91. The molecule has 0 amide bonds. The molecule has 2 nitrogen and oxygen atoms in total. The van der Waals surface area contributed by atoms with Gasteiger partial charge in [-0.25, -0.2) is 0 Å². The largest absolute Gasteiger partial charge is 0.508 e. The minimum absolute atomic E-state index is 0.274. The third-order valence-corrected chi connectivity index (χ3v) is 5.05. The van der Waals surface area contributed by atoms with E-state index in [9.17, 15) is 10.2 Å². The Morgan fingerprint density at radius 2 is 1.54 bits per heavy atom. The van der Waals surface area contributed by atoms with E-state index in [-0.39, 0.29) is 5.75 Å². The van der Waals surface area contributed by atoms with Gasteiger partial charge in [0.2, 0.25) is 0 Å². The summed E-state index contributed by atoms with van der Waals surface area (Å²) < 4.78 is 0. The summed E-state index contributed by atoms with van der Waals surface area (Å²) in [5.74, 6) is 0.600. The van der Waals surface area contributed by atoms with Crippen LogP contribution in [0.3, 0.4) is 0 Å². The minimum atomic E-state index is 0.274. The smallest absolute Gasteiger partial charge is 0.116 e. The van der Waals surface area contributed by atoms with Crippen molar-refractivity contribution in [3.63, 3.8) is 0 Å². The molecule has 2 heteroatoms. The van der Waals surface area contributed by atoms with Crippen molar-refractivity contribution in [1.29, 1.82) is 0 Å². The zero-order chi connectivity index (χ0) is 18.1. The molecule has 26 heavy (non-hydrogen) atoms. The van der Waals surface area contributed by atoms with Crippen LogP contribution in [0.5, 0.6) is 11.5 Å². The van der Waals surface area contributed by atoms with Gasteiger partial charge in [-0.1, -0.05) is 55.8 Å². The molecule has 3 aromatic rings. The van der Waals surface area contributed by atoms with Crippen LogP contribution in [0.1, 0.15) is 41.2 Å². The maximum Gasteiger partial charge on any atom is 0.116 e. The first-order valence-electron chi connectivity index (χ1n) is 9.10. The number of benzene rings is 3. The number of hydrogen-bond acceptors (Lipinski definition) is 2. The molecule has 0 saturated heterocycles. The van der Waals surface area contributed by atoms with E-state index >= 15 is 0 Å². The summed E-state index contributed by atoms with van der Waals surface area (Å²) >= 11 is 0. The third-order valence-electron chi connectivity index (χ3n) is 5.05. The lowest BCUT2D eigenvalue weighted by atomic mass is 9.93. The first kappa shape index (κ1) is 16.5.